The van der Waals surface area contributed by atoms with E-state index in [1.165, 1.54) is 0 Å². The van der Waals surface area contributed by atoms with Gasteiger partial charge in [-0.3, -0.25) is 5.41 Å². The van der Waals surface area contributed by atoms with Gasteiger partial charge in [-0.1, -0.05) is 19.4 Å². The minimum atomic E-state index is 0.0636. The van der Waals surface area contributed by atoms with E-state index < -0.39 is 0 Å². The summed E-state index contributed by atoms with van der Waals surface area (Å²) in [4.78, 5) is 0. The van der Waals surface area contributed by atoms with Gasteiger partial charge in [0.1, 0.15) is 23.1 Å². The first-order chi connectivity index (χ1) is 12.7. The summed E-state index contributed by atoms with van der Waals surface area (Å²) >= 11 is 0. The molecule has 5 heteroatoms. The Bertz CT molecular complexity index is 699. The number of nitrogens with one attached hydrogen (secondary N) is 1. The molecule has 0 spiro atoms. The van der Waals surface area contributed by atoms with Crippen molar-refractivity contribution in [1.82, 2.24) is 0 Å². The van der Waals surface area contributed by atoms with Crippen LogP contribution in [-0.4, -0.2) is 26.2 Å². The molecule has 5 nitrogen and oxygen atoms in total. The molecule has 0 bridgehead atoms. The van der Waals surface area contributed by atoms with Gasteiger partial charge < -0.3 is 19.9 Å². The van der Waals surface area contributed by atoms with Crippen LogP contribution in [0.4, 0.5) is 0 Å². The van der Waals surface area contributed by atoms with Crippen molar-refractivity contribution in [3.8, 4) is 17.2 Å². The lowest BCUT2D eigenvalue weighted by molar-refractivity contribution is 0.264. The van der Waals surface area contributed by atoms with Crippen molar-refractivity contribution >= 4 is 5.84 Å². The summed E-state index contributed by atoms with van der Waals surface area (Å²) in [7, 11) is 1.69. The molecule has 0 aliphatic rings. The van der Waals surface area contributed by atoms with Crippen LogP contribution in [-0.2, 0) is 6.42 Å². The van der Waals surface area contributed by atoms with Gasteiger partial charge in [0.25, 0.3) is 0 Å². The summed E-state index contributed by atoms with van der Waals surface area (Å²) in [6.07, 6.45) is 3.81. The smallest absolute Gasteiger partial charge is 0.126 e. The quantitative estimate of drug-likeness (QED) is 0.360. The predicted molar refractivity (Wildman–Crippen MR) is 105 cm³/mol. The van der Waals surface area contributed by atoms with E-state index in [1.807, 2.05) is 30.3 Å². The summed E-state index contributed by atoms with van der Waals surface area (Å²) in [5, 5.41) is 7.37. The van der Waals surface area contributed by atoms with Crippen LogP contribution in [0.3, 0.4) is 0 Å². The molecule has 2 aromatic carbocycles. The van der Waals surface area contributed by atoms with E-state index in [0.717, 1.165) is 48.5 Å². The zero-order chi connectivity index (χ0) is 18.8. The molecule has 0 amide bonds. The van der Waals surface area contributed by atoms with Gasteiger partial charge >= 0.3 is 0 Å². The maximum atomic E-state index is 7.37. The van der Waals surface area contributed by atoms with Crippen LogP contribution >= 0.6 is 0 Å². The number of nitrogens with two attached hydrogens (primary N) is 1. The Morgan fingerprint density at radius 3 is 2.23 bits per heavy atom. The lowest BCUT2D eigenvalue weighted by Gasteiger charge is -2.14. The van der Waals surface area contributed by atoms with E-state index in [2.05, 4.69) is 6.92 Å². The number of unbranched alkanes of at least 4 members (excludes halogenated alkanes) is 1. The third-order valence-electron chi connectivity index (χ3n) is 4.04. The SMILES string of the molecule is CCCc1c(OC)cccc1OCCCCOc1ccc(C(=N)N)cc1. The number of ether oxygens (including phenoxy) is 3. The number of rotatable bonds is 11. The fourth-order valence-electron chi connectivity index (χ4n) is 2.68. The molecule has 0 saturated carbocycles. The van der Waals surface area contributed by atoms with Crippen molar-refractivity contribution in [2.24, 2.45) is 5.73 Å². The van der Waals surface area contributed by atoms with Gasteiger partial charge in [0, 0.05) is 11.1 Å². The zero-order valence-electron chi connectivity index (χ0n) is 15.6. The average molecular weight is 356 g/mol. The normalized spacial score (nSPS) is 10.4. The molecule has 26 heavy (non-hydrogen) atoms. The van der Waals surface area contributed by atoms with E-state index in [0.29, 0.717) is 18.8 Å². The highest BCUT2D eigenvalue weighted by Crippen LogP contribution is 2.29. The van der Waals surface area contributed by atoms with E-state index in [9.17, 15) is 0 Å². The molecule has 0 atom stereocenters. The van der Waals surface area contributed by atoms with Gasteiger partial charge in [0.2, 0.25) is 0 Å². The largest absolute Gasteiger partial charge is 0.496 e. The number of amidine groups is 1. The fourth-order valence-corrected chi connectivity index (χ4v) is 2.68. The van der Waals surface area contributed by atoms with Gasteiger partial charge in [0.05, 0.1) is 20.3 Å². The Kier molecular flexibility index (Phi) is 7.80. The highest BCUT2D eigenvalue weighted by molar-refractivity contribution is 5.94. The van der Waals surface area contributed by atoms with Crippen molar-refractivity contribution in [2.45, 2.75) is 32.6 Å². The standard InChI is InChI=1S/C21H28N2O3/c1-3-7-18-19(24-2)8-6-9-20(18)26-15-5-4-14-25-17-12-10-16(11-13-17)21(22)23/h6,8-13H,3-5,7,14-15H2,1-2H3,(H3,22,23). The van der Waals surface area contributed by atoms with Crippen LogP contribution < -0.4 is 19.9 Å². The van der Waals surface area contributed by atoms with Crippen LogP contribution in [0.15, 0.2) is 42.5 Å². The second-order valence-electron chi connectivity index (χ2n) is 6.03. The van der Waals surface area contributed by atoms with Crippen molar-refractivity contribution in [3.05, 3.63) is 53.6 Å². The van der Waals surface area contributed by atoms with Crippen LogP contribution in [0.5, 0.6) is 17.2 Å². The molecule has 0 aliphatic carbocycles. The first kappa shape index (κ1) is 19.6. The molecule has 3 N–H and O–H groups in total. The summed E-state index contributed by atoms with van der Waals surface area (Å²) in [6, 6.07) is 13.2. The van der Waals surface area contributed by atoms with Gasteiger partial charge in [0.15, 0.2) is 0 Å². The van der Waals surface area contributed by atoms with Crippen molar-refractivity contribution in [1.29, 1.82) is 5.41 Å². The Labute approximate surface area is 155 Å². The van der Waals surface area contributed by atoms with E-state index in [4.69, 9.17) is 25.4 Å². The number of hydrogen-bond acceptors (Lipinski definition) is 4. The summed E-state index contributed by atoms with van der Waals surface area (Å²) in [6.45, 7) is 3.43. The highest BCUT2D eigenvalue weighted by atomic mass is 16.5. The van der Waals surface area contributed by atoms with E-state index >= 15 is 0 Å². The van der Waals surface area contributed by atoms with E-state index in [1.54, 1.807) is 19.2 Å². The lowest BCUT2D eigenvalue weighted by Crippen LogP contribution is -2.10. The molecule has 2 aromatic rings. The van der Waals surface area contributed by atoms with Crippen LogP contribution in [0, 0.1) is 5.41 Å². The Morgan fingerprint density at radius 2 is 1.62 bits per heavy atom. The Hall–Kier alpha value is -2.69. The lowest BCUT2D eigenvalue weighted by atomic mass is 10.1. The molecule has 0 unspecified atom stereocenters. The number of hydrogen-bond donors (Lipinski definition) is 2. The maximum Gasteiger partial charge on any atom is 0.126 e. The monoisotopic (exact) mass is 356 g/mol. The van der Waals surface area contributed by atoms with Crippen LogP contribution in [0.2, 0.25) is 0 Å². The third kappa shape index (κ3) is 5.69. The molecule has 140 valence electrons. The Morgan fingerprint density at radius 1 is 0.962 bits per heavy atom. The minimum absolute atomic E-state index is 0.0636. The molecule has 0 heterocycles. The van der Waals surface area contributed by atoms with Gasteiger partial charge in [-0.2, -0.15) is 0 Å². The predicted octanol–water partition coefficient (Wildman–Crippen LogP) is 4.17. The van der Waals surface area contributed by atoms with Gasteiger partial charge in [-0.05, 0) is 55.7 Å². The topological polar surface area (TPSA) is 77.6 Å². The summed E-state index contributed by atoms with van der Waals surface area (Å²) in [5.41, 5.74) is 7.27. The molecule has 0 aliphatic heterocycles. The second kappa shape index (κ2) is 10.3. The molecule has 0 saturated heterocycles. The van der Waals surface area contributed by atoms with Crippen LogP contribution in [0.1, 0.15) is 37.3 Å². The number of nitrogen functional groups attached to an aromatic ring is 1. The first-order valence-corrected chi connectivity index (χ1v) is 9.01. The summed E-state index contributed by atoms with van der Waals surface area (Å²) in [5.74, 6) is 2.65. The highest BCUT2D eigenvalue weighted by Gasteiger charge is 2.09. The van der Waals surface area contributed by atoms with Crippen molar-refractivity contribution < 1.29 is 14.2 Å². The number of benzene rings is 2. The molecule has 0 fully saturated rings. The first-order valence-electron chi connectivity index (χ1n) is 9.01. The number of methoxy groups -OCH3 is 1. The zero-order valence-corrected chi connectivity index (χ0v) is 15.6. The van der Waals surface area contributed by atoms with Gasteiger partial charge in [-0.15, -0.1) is 0 Å². The van der Waals surface area contributed by atoms with Crippen molar-refractivity contribution in [2.75, 3.05) is 20.3 Å². The molecular weight excluding hydrogens is 328 g/mol. The maximum absolute atomic E-state index is 7.37. The van der Waals surface area contributed by atoms with Crippen LogP contribution in [0.25, 0.3) is 0 Å². The Balaban J connectivity index is 1.73. The minimum Gasteiger partial charge on any atom is -0.496 e. The molecular formula is C21H28N2O3. The average Bonchev–Trinajstić information content (AvgIpc) is 2.66. The summed E-state index contributed by atoms with van der Waals surface area (Å²) < 4.78 is 17.1. The fraction of sp³-hybridized carbons (Fsp3) is 0.381. The van der Waals surface area contributed by atoms with Crippen molar-refractivity contribution in [3.63, 3.8) is 0 Å². The second-order valence-corrected chi connectivity index (χ2v) is 6.03. The van der Waals surface area contributed by atoms with Gasteiger partial charge in [-0.25, -0.2) is 0 Å². The molecule has 0 radical (unpaired) electrons. The third-order valence-corrected chi connectivity index (χ3v) is 4.04. The molecule has 2 rings (SSSR count). The molecule has 0 aromatic heterocycles. The van der Waals surface area contributed by atoms with E-state index in [-0.39, 0.29) is 5.84 Å².